The van der Waals surface area contributed by atoms with Gasteiger partial charge in [-0.1, -0.05) is 0 Å². The summed E-state index contributed by atoms with van der Waals surface area (Å²) >= 11 is 0. The molecule has 1 amide bonds. The number of carbonyl (C=O) groups excluding carboxylic acids is 2. The van der Waals surface area contributed by atoms with Crippen LogP contribution in [0.4, 0.5) is 0 Å². The number of carbonyl (C=O) groups is 2. The summed E-state index contributed by atoms with van der Waals surface area (Å²) in [5.41, 5.74) is 7.22. The molecule has 0 aromatic heterocycles. The summed E-state index contributed by atoms with van der Waals surface area (Å²) < 4.78 is 0. The lowest BCUT2D eigenvalue weighted by atomic mass is 10.1. The van der Waals surface area contributed by atoms with Gasteiger partial charge in [-0.15, -0.1) is 0 Å². The summed E-state index contributed by atoms with van der Waals surface area (Å²) in [6.07, 6.45) is 2.02. The third kappa shape index (κ3) is 6.87. The lowest BCUT2D eigenvalue weighted by Crippen LogP contribution is -2.53. The molecular formula is C9H20N3O3+. The highest BCUT2D eigenvalue weighted by Crippen LogP contribution is 1.96. The van der Waals surface area contributed by atoms with Crippen molar-refractivity contribution >= 4 is 11.9 Å². The van der Waals surface area contributed by atoms with Gasteiger partial charge in [-0.3, -0.25) is 4.79 Å². The number of nitrogens with one attached hydrogen (secondary N) is 1. The van der Waals surface area contributed by atoms with Gasteiger partial charge >= 0.3 is 0 Å². The van der Waals surface area contributed by atoms with Crippen LogP contribution in [-0.4, -0.2) is 31.0 Å². The highest BCUT2D eigenvalue weighted by molar-refractivity contribution is 5.82. The molecule has 0 aliphatic carbocycles. The SMILES string of the molecule is [NH3+]CCCC(=O)N[C@@H](CCC[NH3+])C(=O)[O-]. The lowest BCUT2D eigenvalue weighted by Gasteiger charge is -2.18. The maximum Gasteiger partial charge on any atom is 0.220 e. The smallest absolute Gasteiger partial charge is 0.220 e. The average Bonchev–Trinajstić information content (AvgIpc) is 2.20. The molecule has 7 N–H and O–H groups in total. The van der Waals surface area contributed by atoms with Crippen molar-refractivity contribution in [3.63, 3.8) is 0 Å². The van der Waals surface area contributed by atoms with Crippen LogP contribution in [0.3, 0.4) is 0 Å². The van der Waals surface area contributed by atoms with E-state index in [1.165, 1.54) is 0 Å². The Morgan fingerprint density at radius 1 is 1.20 bits per heavy atom. The summed E-state index contributed by atoms with van der Waals surface area (Å²) in [6, 6.07) is -0.885. The van der Waals surface area contributed by atoms with Crippen LogP contribution >= 0.6 is 0 Å². The number of hydrogen-bond acceptors (Lipinski definition) is 3. The van der Waals surface area contributed by atoms with Crippen LogP contribution in [0.25, 0.3) is 0 Å². The van der Waals surface area contributed by atoms with Crippen molar-refractivity contribution in [1.82, 2.24) is 5.32 Å². The van der Waals surface area contributed by atoms with Crippen molar-refractivity contribution in [3.05, 3.63) is 0 Å². The molecule has 0 radical (unpaired) electrons. The van der Waals surface area contributed by atoms with Crippen LogP contribution in [0.5, 0.6) is 0 Å². The fourth-order valence-corrected chi connectivity index (χ4v) is 1.15. The number of aliphatic carboxylic acids is 1. The van der Waals surface area contributed by atoms with Gasteiger partial charge in [-0.2, -0.15) is 0 Å². The molecule has 6 heteroatoms. The van der Waals surface area contributed by atoms with Crippen molar-refractivity contribution in [2.45, 2.75) is 31.7 Å². The summed E-state index contributed by atoms with van der Waals surface area (Å²) in [7, 11) is 0. The van der Waals surface area contributed by atoms with Crippen molar-refractivity contribution < 1.29 is 26.2 Å². The summed E-state index contributed by atoms with van der Waals surface area (Å²) in [5, 5.41) is 13.1. The fourth-order valence-electron chi connectivity index (χ4n) is 1.15. The second-order valence-corrected chi connectivity index (χ2v) is 3.39. The first kappa shape index (κ1) is 13.9. The third-order valence-corrected chi connectivity index (χ3v) is 2.02. The largest absolute Gasteiger partial charge is 0.548 e. The highest BCUT2D eigenvalue weighted by atomic mass is 16.4. The molecule has 0 spiro atoms. The molecule has 1 atom stereocenters. The van der Waals surface area contributed by atoms with Crippen LogP contribution < -0.4 is 21.9 Å². The molecule has 0 fully saturated rings. The Labute approximate surface area is 89.0 Å². The molecule has 0 saturated heterocycles. The molecule has 0 unspecified atom stereocenters. The number of amides is 1. The maximum atomic E-state index is 11.2. The fraction of sp³-hybridized carbons (Fsp3) is 0.778. The summed E-state index contributed by atoms with van der Waals surface area (Å²) in [6.45, 7) is 1.32. The van der Waals surface area contributed by atoms with Crippen LogP contribution in [0.15, 0.2) is 0 Å². The molecule has 88 valence electrons. The Kier molecular flexibility index (Phi) is 7.57. The molecule has 0 aromatic carbocycles. The Hall–Kier alpha value is -1.14. The molecule has 0 heterocycles. The minimum absolute atomic E-state index is 0.253. The van der Waals surface area contributed by atoms with Gasteiger partial charge in [0.2, 0.25) is 5.91 Å². The van der Waals surface area contributed by atoms with Crippen LogP contribution in [0.2, 0.25) is 0 Å². The van der Waals surface area contributed by atoms with E-state index in [0.717, 1.165) is 0 Å². The number of carboxylic acid groups (broad SMARTS) is 1. The van der Waals surface area contributed by atoms with Crippen LogP contribution in [-0.2, 0) is 9.59 Å². The number of quaternary nitrogens is 2. The first-order valence-electron chi connectivity index (χ1n) is 5.20. The van der Waals surface area contributed by atoms with Crippen molar-refractivity contribution in [3.8, 4) is 0 Å². The zero-order valence-electron chi connectivity index (χ0n) is 8.96. The topological polar surface area (TPSA) is 125 Å². The van der Waals surface area contributed by atoms with Gasteiger partial charge in [0.15, 0.2) is 0 Å². The Morgan fingerprint density at radius 3 is 2.27 bits per heavy atom. The maximum absolute atomic E-state index is 11.2. The molecule has 6 nitrogen and oxygen atoms in total. The minimum Gasteiger partial charge on any atom is -0.548 e. The quantitative estimate of drug-likeness (QED) is 0.388. The summed E-state index contributed by atoms with van der Waals surface area (Å²) in [4.78, 5) is 21.9. The predicted molar refractivity (Wildman–Crippen MR) is 50.9 cm³/mol. The van der Waals surface area contributed by atoms with E-state index in [4.69, 9.17) is 0 Å². The number of hydrogen-bond donors (Lipinski definition) is 3. The molecule has 0 aliphatic rings. The lowest BCUT2D eigenvalue weighted by molar-refractivity contribution is -0.368. The molecular weight excluding hydrogens is 198 g/mol. The van der Waals surface area contributed by atoms with Gasteiger partial charge in [0, 0.05) is 12.8 Å². The van der Waals surface area contributed by atoms with E-state index in [9.17, 15) is 14.7 Å². The highest BCUT2D eigenvalue weighted by Gasteiger charge is 2.12. The van der Waals surface area contributed by atoms with Gasteiger partial charge in [-0.05, 0) is 12.8 Å². The van der Waals surface area contributed by atoms with Crippen molar-refractivity contribution in [1.29, 1.82) is 0 Å². The monoisotopic (exact) mass is 218 g/mol. The molecule has 0 saturated carbocycles. The molecule has 0 rings (SSSR count). The van der Waals surface area contributed by atoms with E-state index in [1.54, 1.807) is 0 Å². The standard InChI is InChI=1S/C9H19N3O3/c10-5-1-3-7(9(14)15)12-8(13)4-2-6-11/h7H,1-6,10-11H2,(H,12,13)(H,14,15)/p+1/t7-/m0/s1. The normalized spacial score (nSPS) is 12.1. The van der Waals surface area contributed by atoms with E-state index in [1.807, 2.05) is 0 Å². The Balaban J connectivity index is 3.93. The predicted octanol–water partition coefficient (Wildman–Crippen LogP) is -3.73. The van der Waals surface area contributed by atoms with Crippen LogP contribution in [0.1, 0.15) is 25.7 Å². The molecule has 0 bridgehead atoms. The van der Waals surface area contributed by atoms with Gasteiger partial charge < -0.3 is 26.7 Å². The van der Waals surface area contributed by atoms with E-state index in [0.29, 0.717) is 38.8 Å². The van der Waals surface area contributed by atoms with Gasteiger partial charge in [0.25, 0.3) is 0 Å². The van der Waals surface area contributed by atoms with Gasteiger partial charge in [0.1, 0.15) is 0 Å². The van der Waals surface area contributed by atoms with E-state index < -0.39 is 12.0 Å². The summed E-state index contributed by atoms with van der Waals surface area (Å²) in [5.74, 6) is -1.48. The first-order valence-corrected chi connectivity index (χ1v) is 5.20. The van der Waals surface area contributed by atoms with Gasteiger partial charge in [0.05, 0.1) is 25.1 Å². The second kappa shape index (κ2) is 8.19. The van der Waals surface area contributed by atoms with Crippen molar-refractivity contribution in [2.75, 3.05) is 13.1 Å². The zero-order valence-corrected chi connectivity index (χ0v) is 8.96. The minimum atomic E-state index is -1.23. The molecule has 15 heavy (non-hydrogen) atoms. The number of rotatable bonds is 8. The van der Waals surface area contributed by atoms with E-state index in [-0.39, 0.29) is 5.91 Å². The molecule has 0 aliphatic heterocycles. The first-order chi connectivity index (χ1) is 7.11. The van der Waals surface area contributed by atoms with Crippen LogP contribution in [0, 0.1) is 0 Å². The zero-order chi connectivity index (χ0) is 11.7. The third-order valence-electron chi connectivity index (χ3n) is 2.02. The second-order valence-electron chi connectivity index (χ2n) is 3.39. The van der Waals surface area contributed by atoms with E-state index in [2.05, 4.69) is 16.8 Å². The van der Waals surface area contributed by atoms with Gasteiger partial charge in [-0.25, -0.2) is 0 Å². The number of carboxylic acids is 1. The molecule has 0 aromatic rings. The Bertz CT molecular complexity index is 209. The Morgan fingerprint density at radius 2 is 1.80 bits per heavy atom. The van der Waals surface area contributed by atoms with Crippen molar-refractivity contribution in [2.24, 2.45) is 0 Å². The van der Waals surface area contributed by atoms with E-state index >= 15 is 0 Å². The average molecular weight is 218 g/mol.